The molecule has 4 heterocycles. The lowest BCUT2D eigenvalue weighted by atomic mass is 9.84. The number of thiophene rings is 1. The Hall–Kier alpha value is -1.15. The molecular weight excluding hydrogens is 392 g/mol. The first-order valence-corrected chi connectivity index (χ1v) is 12.7. The van der Waals surface area contributed by atoms with Crippen molar-refractivity contribution < 1.29 is 0 Å². The van der Waals surface area contributed by atoms with Crippen LogP contribution < -0.4 is 5.32 Å². The Labute approximate surface area is 186 Å². The summed E-state index contributed by atoms with van der Waals surface area (Å²) >= 11 is 1.87. The number of hydrogen-bond donors (Lipinski definition) is 1. The minimum atomic E-state index is 0.295. The highest BCUT2D eigenvalue weighted by Gasteiger charge is 2.40. The lowest BCUT2D eigenvalue weighted by molar-refractivity contribution is 0.0167. The third kappa shape index (κ3) is 5.36. The fraction of sp³-hybridized carbons (Fsp3) is 0.783. The number of guanidine groups is 1. The molecule has 3 saturated heterocycles. The van der Waals surface area contributed by atoms with E-state index in [1.807, 2.05) is 18.4 Å². The molecule has 0 aliphatic carbocycles. The molecule has 0 radical (unpaired) electrons. The van der Waals surface area contributed by atoms with Crippen LogP contribution >= 0.6 is 11.3 Å². The van der Waals surface area contributed by atoms with Crippen LogP contribution in [0.1, 0.15) is 37.0 Å². The minimum Gasteiger partial charge on any atom is -0.354 e. The van der Waals surface area contributed by atoms with E-state index in [0.29, 0.717) is 5.54 Å². The van der Waals surface area contributed by atoms with E-state index in [1.54, 1.807) is 0 Å². The van der Waals surface area contributed by atoms with Gasteiger partial charge in [-0.25, -0.2) is 0 Å². The van der Waals surface area contributed by atoms with Gasteiger partial charge < -0.3 is 15.1 Å². The molecular formula is C23H40N6S. The molecule has 3 aliphatic rings. The van der Waals surface area contributed by atoms with Crippen LogP contribution in [0.4, 0.5) is 0 Å². The second-order valence-corrected chi connectivity index (χ2v) is 10.4. The number of hydrogen-bond acceptors (Lipinski definition) is 5. The molecule has 0 bridgehead atoms. The van der Waals surface area contributed by atoms with Gasteiger partial charge in [0.1, 0.15) is 0 Å². The van der Waals surface area contributed by atoms with Crippen LogP contribution in [0.25, 0.3) is 0 Å². The van der Waals surface area contributed by atoms with Crippen molar-refractivity contribution in [1.82, 2.24) is 24.9 Å². The minimum absolute atomic E-state index is 0.295. The van der Waals surface area contributed by atoms with Gasteiger partial charge in [-0.1, -0.05) is 12.5 Å². The van der Waals surface area contributed by atoms with Crippen LogP contribution in [0.3, 0.4) is 0 Å². The zero-order valence-electron chi connectivity index (χ0n) is 19.0. The van der Waals surface area contributed by atoms with E-state index in [-0.39, 0.29) is 0 Å². The third-order valence-electron chi connectivity index (χ3n) is 7.36. The highest BCUT2D eigenvalue weighted by molar-refractivity contribution is 7.09. The molecule has 0 saturated carbocycles. The van der Waals surface area contributed by atoms with Crippen molar-refractivity contribution in [3.8, 4) is 0 Å². The summed E-state index contributed by atoms with van der Waals surface area (Å²) in [5.74, 6) is 1.10. The Morgan fingerprint density at radius 2 is 1.77 bits per heavy atom. The van der Waals surface area contributed by atoms with E-state index >= 15 is 0 Å². The van der Waals surface area contributed by atoms with Crippen molar-refractivity contribution >= 4 is 17.3 Å². The van der Waals surface area contributed by atoms with Gasteiger partial charge in [0.2, 0.25) is 0 Å². The van der Waals surface area contributed by atoms with Crippen molar-refractivity contribution in [3.05, 3.63) is 22.4 Å². The monoisotopic (exact) mass is 432 g/mol. The van der Waals surface area contributed by atoms with Crippen LogP contribution in [0, 0.1) is 0 Å². The normalized spacial score (nSPS) is 24.9. The summed E-state index contributed by atoms with van der Waals surface area (Å²) in [5, 5.41) is 6.00. The Kier molecular flexibility index (Phi) is 7.68. The fourth-order valence-corrected chi connectivity index (χ4v) is 6.07. The maximum Gasteiger partial charge on any atom is 0.193 e. The average molecular weight is 433 g/mol. The standard InChI is InChI=1S/C23H40N6S/c1-24-22(28-16-14-27(15-17-28)19-21-7-6-18-30-21)25-20-23(8-12-26(2)13-9-23)29-10-4-3-5-11-29/h6-7,18H,3-5,8-17,19-20H2,1-2H3,(H,24,25). The zero-order valence-corrected chi connectivity index (χ0v) is 19.8. The first kappa shape index (κ1) is 22.1. The lowest BCUT2D eigenvalue weighted by Gasteiger charge is -2.50. The predicted molar refractivity (Wildman–Crippen MR) is 127 cm³/mol. The topological polar surface area (TPSA) is 37.4 Å². The Bertz CT molecular complexity index is 653. The van der Waals surface area contributed by atoms with Gasteiger partial charge >= 0.3 is 0 Å². The molecule has 3 fully saturated rings. The van der Waals surface area contributed by atoms with Gasteiger partial charge in [0, 0.05) is 56.7 Å². The first-order valence-electron chi connectivity index (χ1n) is 11.8. The SMILES string of the molecule is CN=C(NCC1(N2CCCCC2)CCN(C)CC1)N1CCN(Cc2cccs2)CC1. The van der Waals surface area contributed by atoms with Crippen LogP contribution in [-0.4, -0.2) is 104 Å². The van der Waals surface area contributed by atoms with Gasteiger partial charge in [0.05, 0.1) is 0 Å². The fourth-order valence-electron chi connectivity index (χ4n) is 5.32. The average Bonchev–Trinajstić information content (AvgIpc) is 3.30. The molecule has 1 N–H and O–H groups in total. The number of aliphatic imine (C=N–C) groups is 1. The van der Waals surface area contributed by atoms with Crippen molar-refractivity contribution in [3.63, 3.8) is 0 Å². The van der Waals surface area contributed by atoms with Crippen LogP contribution in [-0.2, 0) is 6.54 Å². The van der Waals surface area contributed by atoms with E-state index < -0.39 is 0 Å². The summed E-state index contributed by atoms with van der Waals surface area (Å²) in [4.78, 5) is 16.5. The van der Waals surface area contributed by atoms with E-state index in [0.717, 1.165) is 45.2 Å². The summed E-state index contributed by atoms with van der Waals surface area (Å²) in [6.07, 6.45) is 6.65. The number of rotatable bonds is 5. The molecule has 7 heteroatoms. The highest BCUT2D eigenvalue weighted by Crippen LogP contribution is 2.31. The number of piperidine rings is 2. The van der Waals surface area contributed by atoms with Gasteiger partial charge in [0.25, 0.3) is 0 Å². The van der Waals surface area contributed by atoms with Gasteiger partial charge in [-0.3, -0.25) is 14.8 Å². The molecule has 168 valence electrons. The maximum absolute atomic E-state index is 4.67. The molecule has 30 heavy (non-hydrogen) atoms. The quantitative estimate of drug-likeness (QED) is 0.571. The van der Waals surface area contributed by atoms with Crippen molar-refractivity contribution in [1.29, 1.82) is 0 Å². The smallest absolute Gasteiger partial charge is 0.193 e. The van der Waals surface area contributed by atoms with Gasteiger partial charge in [-0.15, -0.1) is 11.3 Å². The summed E-state index contributed by atoms with van der Waals surface area (Å²) < 4.78 is 0. The van der Waals surface area contributed by atoms with Gasteiger partial charge in [-0.2, -0.15) is 0 Å². The molecule has 4 rings (SSSR count). The van der Waals surface area contributed by atoms with Crippen molar-refractivity contribution in [2.24, 2.45) is 4.99 Å². The molecule has 3 aliphatic heterocycles. The second kappa shape index (κ2) is 10.4. The third-order valence-corrected chi connectivity index (χ3v) is 8.22. The van der Waals surface area contributed by atoms with Gasteiger partial charge in [0.15, 0.2) is 5.96 Å². The molecule has 0 spiro atoms. The lowest BCUT2D eigenvalue weighted by Crippen LogP contribution is -2.63. The number of nitrogens with zero attached hydrogens (tertiary/aromatic N) is 5. The summed E-state index contributed by atoms with van der Waals surface area (Å²) in [6, 6.07) is 4.41. The number of piperazine rings is 1. The van der Waals surface area contributed by atoms with E-state index in [1.165, 1.54) is 63.2 Å². The molecule has 1 aromatic rings. The molecule has 0 unspecified atom stereocenters. The predicted octanol–water partition coefficient (Wildman–Crippen LogP) is 2.39. The van der Waals surface area contributed by atoms with E-state index in [2.05, 4.69) is 54.5 Å². The van der Waals surface area contributed by atoms with Gasteiger partial charge in [-0.05, 0) is 70.4 Å². The second-order valence-electron chi connectivity index (χ2n) is 9.32. The number of likely N-dealkylation sites (tertiary alicyclic amines) is 2. The molecule has 0 aromatic carbocycles. The van der Waals surface area contributed by atoms with Crippen LogP contribution in [0.15, 0.2) is 22.5 Å². The highest BCUT2D eigenvalue weighted by atomic mass is 32.1. The summed E-state index contributed by atoms with van der Waals surface area (Å²) in [6.45, 7) is 11.4. The Balaban J connectivity index is 1.32. The van der Waals surface area contributed by atoms with Crippen LogP contribution in [0.2, 0.25) is 0 Å². The van der Waals surface area contributed by atoms with E-state index in [4.69, 9.17) is 0 Å². The molecule has 0 atom stereocenters. The molecule has 1 aromatic heterocycles. The summed E-state index contributed by atoms with van der Waals surface area (Å²) in [7, 11) is 4.21. The van der Waals surface area contributed by atoms with Crippen molar-refractivity contribution in [2.45, 2.75) is 44.2 Å². The molecule has 0 amide bonds. The Morgan fingerprint density at radius 3 is 2.40 bits per heavy atom. The molecule has 6 nitrogen and oxygen atoms in total. The largest absolute Gasteiger partial charge is 0.354 e. The number of nitrogens with one attached hydrogen (secondary N) is 1. The van der Waals surface area contributed by atoms with Crippen molar-refractivity contribution in [2.75, 3.05) is 73.0 Å². The maximum atomic E-state index is 4.67. The first-order chi connectivity index (χ1) is 14.7. The summed E-state index contributed by atoms with van der Waals surface area (Å²) in [5.41, 5.74) is 0.295. The van der Waals surface area contributed by atoms with Crippen LogP contribution in [0.5, 0.6) is 0 Å². The Morgan fingerprint density at radius 1 is 1.03 bits per heavy atom. The van der Waals surface area contributed by atoms with E-state index in [9.17, 15) is 0 Å². The zero-order chi connectivity index (χ0) is 20.8.